The van der Waals surface area contributed by atoms with Crippen LogP contribution in [0.25, 0.3) is 0 Å². The minimum absolute atomic E-state index is 0.653. The van der Waals surface area contributed by atoms with E-state index in [4.69, 9.17) is 5.73 Å². The van der Waals surface area contributed by atoms with Crippen molar-refractivity contribution in [2.45, 2.75) is 40.0 Å². The summed E-state index contributed by atoms with van der Waals surface area (Å²) in [5, 5.41) is 0. The number of hydrogen-bond acceptors (Lipinski definition) is 1. The molecule has 0 unspecified atom stereocenters. The van der Waals surface area contributed by atoms with E-state index in [9.17, 15) is 0 Å². The summed E-state index contributed by atoms with van der Waals surface area (Å²) >= 11 is 0. The van der Waals surface area contributed by atoms with Crippen LogP contribution in [0.5, 0.6) is 0 Å². The van der Waals surface area contributed by atoms with Crippen molar-refractivity contribution in [1.29, 1.82) is 0 Å². The fourth-order valence-electron chi connectivity index (χ4n) is 0.529. The topological polar surface area (TPSA) is 26.0 Å². The minimum Gasteiger partial charge on any atom is -0.327 e. The van der Waals surface area contributed by atoms with Gasteiger partial charge in [-0.05, 0) is 12.8 Å². The van der Waals surface area contributed by atoms with Gasteiger partial charge in [0.15, 0.2) is 0 Å². The third-order valence-corrected chi connectivity index (χ3v) is 1.17. The zero-order valence-electron chi connectivity index (χ0n) is 7.61. The highest BCUT2D eigenvalue weighted by Crippen LogP contribution is 2.01. The predicted octanol–water partition coefficient (Wildman–Crippen LogP) is 2.72. The summed E-state index contributed by atoms with van der Waals surface area (Å²) in [6.07, 6.45) is 3.57. The first kappa shape index (κ1) is 12.4. The first-order valence-electron chi connectivity index (χ1n) is 4.18. The van der Waals surface area contributed by atoms with Gasteiger partial charge in [0.05, 0.1) is 0 Å². The predicted molar refractivity (Wildman–Crippen MR) is 49.1 cm³/mol. The van der Waals surface area contributed by atoms with Crippen LogP contribution in [-0.4, -0.2) is 6.54 Å². The average molecular weight is 143 g/mol. The molecule has 0 radical (unpaired) electrons. The summed E-state index contributed by atoms with van der Waals surface area (Å²) < 4.78 is 0. The molecule has 0 saturated heterocycles. The average Bonchev–Trinajstić information content (AvgIpc) is 2.04. The van der Waals surface area contributed by atoms with E-state index in [0.717, 1.165) is 6.42 Å². The van der Waals surface area contributed by atoms with Gasteiger partial charge in [-0.15, -0.1) is 0 Å². The molecule has 10 heavy (non-hydrogen) atoms. The maximum atomic E-state index is 5.31. The molecule has 0 rings (SSSR count). The highest BCUT2D eigenvalue weighted by atomic mass is 14.5. The van der Waals surface area contributed by atoms with E-state index in [0.29, 0.717) is 6.54 Å². The van der Waals surface area contributed by atoms with Crippen LogP contribution in [0.1, 0.15) is 40.0 Å². The van der Waals surface area contributed by atoms with Crippen LogP contribution < -0.4 is 5.73 Å². The van der Waals surface area contributed by atoms with E-state index in [2.05, 4.69) is 13.5 Å². The quantitative estimate of drug-likeness (QED) is 0.602. The first-order chi connectivity index (χ1) is 4.81. The summed E-state index contributed by atoms with van der Waals surface area (Å²) in [5.41, 5.74) is 6.49. The lowest BCUT2D eigenvalue weighted by Gasteiger charge is -1.97. The van der Waals surface area contributed by atoms with E-state index >= 15 is 0 Å². The number of hydrogen-bond donors (Lipinski definition) is 1. The van der Waals surface area contributed by atoms with Crippen LogP contribution in [0, 0.1) is 0 Å². The summed E-state index contributed by atoms with van der Waals surface area (Å²) in [6.45, 7) is 10.6. The highest BCUT2D eigenvalue weighted by Gasteiger charge is 1.86. The maximum absolute atomic E-state index is 5.31. The van der Waals surface area contributed by atoms with Crippen molar-refractivity contribution in [2.75, 3.05) is 6.54 Å². The van der Waals surface area contributed by atoms with Crippen molar-refractivity contribution >= 4 is 0 Å². The zero-order valence-corrected chi connectivity index (χ0v) is 7.61. The molecule has 0 spiro atoms. The standard InChI is InChI=1S/C7H15N.C2H6/c1-3-4-5-7(2)6-8;1-2/h2-6,8H2,1H3;1-2H3. The summed E-state index contributed by atoms with van der Waals surface area (Å²) in [7, 11) is 0. The Labute approximate surface area is 65.3 Å². The Kier molecular flexibility index (Phi) is 14.2. The molecular weight excluding hydrogens is 122 g/mol. The molecule has 2 N–H and O–H groups in total. The fraction of sp³-hybridized carbons (Fsp3) is 0.778. The molecule has 0 aromatic rings. The molecular formula is C9H21N. The second kappa shape index (κ2) is 11.5. The van der Waals surface area contributed by atoms with Crippen LogP contribution in [0.4, 0.5) is 0 Å². The minimum atomic E-state index is 0.653. The summed E-state index contributed by atoms with van der Waals surface area (Å²) in [5.74, 6) is 0. The van der Waals surface area contributed by atoms with Crippen molar-refractivity contribution < 1.29 is 0 Å². The molecule has 1 heteroatoms. The molecule has 62 valence electrons. The largest absolute Gasteiger partial charge is 0.327 e. The summed E-state index contributed by atoms with van der Waals surface area (Å²) in [4.78, 5) is 0. The van der Waals surface area contributed by atoms with Gasteiger partial charge in [0.2, 0.25) is 0 Å². The lowest BCUT2D eigenvalue weighted by atomic mass is 10.1. The molecule has 0 aliphatic rings. The molecule has 1 nitrogen and oxygen atoms in total. The van der Waals surface area contributed by atoms with Gasteiger partial charge in [-0.1, -0.05) is 39.3 Å². The van der Waals surface area contributed by atoms with Crippen molar-refractivity contribution in [3.8, 4) is 0 Å². The third kappa shape index (κ3) is 10.6. The van der Waals surface area contributed by atoms with E-state index < -0.39 is 0 Å². The van der Waals surface area contributed by atoms with Crippen LogP contribution in [0.2, 0.25) is 0 Å². The Bertz CT molecular complexity index is 67.1. The van der Waals surface area contributed by atoms with Crippen molar-refractivity contribution in [3.63, 3.8) is 0 Å². The lowest BCUT2D eigenvalue weighted by Crippen LogP contribution is -2.01. The fourth-order valence-corrected chi connectivity index (χ4v) is 0.529. The number of rotatable bonds is 4. The molecule has 0 aromatic carbocycles. The molecule has 0 aromatic heterocycles. The molecule has 0 fully saturated rings. The van der Waals surface area contributed by atoms with Gasteiger partial charge in [-0.3, -0.25) is 0 Å². The van der Waals surface area contributed by atoms with Gasteiger partial charge >= 0.3 is 0 Å². The van der Waals surface area contributed by atoms with E-state index in [1.807, 2.05) is 13.8 Å². The Hall–Kier alpha value is -0.300. The molecule has 0 heterocycles. The van der Waals surface area contributed by atoms with Gasteiger partial charge in [-0.25, -0.2) is 0 Å². The number of nitrogens with two attached hydrogens (primary N) is 1. The third-order valence-electron chi connectivity index (χ3n) is 1.17. The molecule has 0 saturated carbocycles. The Morgan fingerprint density at radius 1 is 1.40 bits per heavy atom. The Morgan fingerprint density at radius 2 is 1.90 bits per heavy atom. The van der Waals surface area contributed by atoms with Crippen molar-refractivity contribution in [1.82, 2.24) is 0 Å². The van der Waals surface area contributed by atoms with Gasteiger partial charge in [-0.2, -0.15) is 0 Å². The first-order valence-corrected chi connectivity index (χ1v) is 4.18. The normalized spacial score (nSPS) is 8.00. The second-order valence-corrected chi connectivity index (χ2v) is 2.06. The van der Waals surface area contributed by atoms with Crippen LogP contribution in [0.3, 0.4) is 0 Å². The molecule has 0 amide bonds. The van der Waals surface area contributed by atoms with Gasteiger partial charge in [0.1, 0.15) is 0 Å². The zero-order chi connectivity index (χ0) is 8.41. The van der Waals surface area contributed by atoms with Crippen LogP contribution in [0.15, 0.2) is 12.2 Å². The monoisotopic (exact) mass is 143 g/mol. The van der Waals surface area contributed by atoms with Gasteiger partial charge in [0, 0.05) is 6.54 Å². The van der Waals surface area contributed by atoms with E-state index in [1.165, 1.54) is 18.4 Å². The second-order valence-electron chi connectivity index (χ2n) is 2.06. The molecule has 0 bridgehead atoms. The van der Waals surface area contributed by atoms with Crippen LogP contribution >= 0.6 is 0 Å². The van der Waals surface area contributed by atoms with E-state index in [1.54, 1.807) is 0 Å². The lowest BCUT2D eigenvalue weighted by molar-refractivity contribution is 0.777. The summed E-state index contributed by atoms with van der Waals surface area (Å²) in [6, 6.07) is 0. The number of unbranched alkanes of at least 4 members (excludes halogenated alkanes) is 1. The Balaban J connectivity index is 0. The highest BCUT2D eigenvalue weighted by molar-refractivity contribution is 4.94. The SMILES string of the molecule is C=C(CN)CCCC.CC. The smallest absolute Gasteiger partial charge is 0.0134 e. The van der Waals surface area contributed by atoms with Gasteiger partial charge in [0.25, 0.3) is 0 Å². The van der Waals surface area contributed by atoms with Gasteiger partial charge < -0.3 is 5.73 Å². The van der Waals surface area contributed by atoms with Crippen molar-refractivity contribution in [2.24, 2.45) is 5.73 Å². The van der Waals surface area contributed by atoms with E-state index in [-0.39, 0.29) is 0 Å². The molecule has 0 aliphatic heterocycles. The molecule has 0 aliphatic carbocycles. The van der Waals surface area contributed by atoms with Crippen LogP contribution in [-0.2, 0) is 0 Å². The Morgan fingerprint density at radius 3 is 2.20 bits per heavy atom. The molecule has 0 atom stereocenters. The maximum Gasteiger partial charge on any atom is 0.0134 e. The van der Waals surface area contributed by atoms with Crippen molar-refractivity contribution in [3.05, 3.63) is 12.2 Å².